The lowest BCUT2D eigenvalue weighted by Crippen LogP contribution is -2.02. The van der Waals surface area contributed by atoms with Crippen LogP contribution in [-0.4, -0.2) is 5.78 Å². The van der Waals surface area contributed by atoms with Gasteiger partial charge in [-0.2, -0.15) is 0 Å². The van der Waals surface area contributed by atoms with Crippen molar-refractivity contribution in [1.29, 1.82) is 0 Å². The summed E-state index contributed by atoms with van der Waals surface area (Å²) >= 11 is 0. The summed E-state index contributed by atoms with van der Waals surface area (Å²) in [5.41, 5.74) is 0. The first-order valence-electron chi connectivity index (χ1n) is 3.91. The van der Waals surface area contributed by atoms with E-state index in [1.807, 2.05) is 0 Å². The van der Waals surface area contributed by atoms with Crippen molar-refractivity contribution in [3.8, 4) is 0 Å². The van der Waals surface area contributed by atoms with E-state index >= 15 is 0 Å². The highest BCUT2D eigenvalue weighted by Crippen LogP contribution is 2.12. The first-order valence-corrected chi connectivity index (χ1v) is 3.91. The molecule has 0 aromatic carbocycles. The molecular formula is C10H18O. The van der Waals surface area contributed by atoms with Crippen LogP contribution in [0.5, 0.6) is 0 Å². The van der Waals surface area contributed by atoms with Crippen LogP contribution in [-0.2, 0) is 4.79 Å². The Hall–Kier alpha value is -0.850. The fourth-order valence-corrected chi connectivity index (χ4v) is 0.946. The predicted molar refractivity (Wildman–Crippen MR) is 50.6 cm³/mol. The fraction of sp³-hybridized carbons (Fsp3) is 0.500. The van der Waals surface area contributed by atoms with Gasteiger partial charge in [0, 0.05) is 12.8 Å². The molecule has 0 spiro atoms. The molecule has 0 aromatic heterocycles. The van der Waals surface area contributed by atoms with Gasteiger partial charge in [0.05, 0.1) is 0 Å². The third-order valence-corrected chi connectivity index (χ3v) is 1.41. The number of rotatable bonds is 0. The normalized spacial score (nSPS) is 15.1. The Labute approximate surface area is 69.8 Å². The summed E-state index contributed by atoms with van der Waals surface area (Å²) in [7, 11) is 0. The Kier molecular flexibility index (Phi) is 13.8. The molecule has 0 bridgehead atoms. The van der Waals surface area contributed by atoms with E-state index in [1.54, 1.807) is 0 Å². The Balaban J connectivity index is 0. The molecule has 1 heteroatoms. The SMILES string of the molecule is C=C.C=C.O=C1CCCCC1. The molecule has 1 rings (SSSR count). The second kappa shape index (κ2) is 11.9. The van der Waals surface area contributed by atoms with E-state index in [-0.39, 0.29) is 0 Å². The highest BCUT2D eigenvalue weighted by molar-refractivity contribution is 5.78. The number of Topliss-reactive ketones (excluding diaryl/α,β-unsaturated/α-hetero) is 1. The molecule has 0 aliphatic heterocycles. The Morgan fingerprint density at radius 2 is 1.18 bits per heavy atom. The van der Waals surface area contributed by atoms with Gasteiger partial charge in [-0.1, -0.05) is 6.42 Å². The van der Waals surface area contributed by atoms with E-state index in [1.165, 1.54) is 6.42 Å². The topological polar surface area (TPSA) is 17.1 Å². The van der Waals surface area contributed by atoms with Crippen LogP contribution < -0.4 is 0 Å². The number of hydrogen-bond acceptors (Lipinski definition) is 1. The first kappa shape index (κ1) is 12.8. The molecule has 1 fully saturated rings. The van der Waals surface area contributed by atoms with Crippen LogP contribution in [0.25, 0.3) is 0 Å². The zero-order valence-electron chi connectivity index (χ0n) is 7.27. The van der Waals surface area contributed by atoms with Crippen molar-refractivity contribution < 1.29 is 4.79 Å². The van der Waals surface area contributed by atoms with Gasteiger partial charge < -0.3 is 0 Å². The van der Waals surface area contributed by atoms with E-state index in [9.17, 15) is 4.79 Å². The second-order valence-corrected chi connectivity index (χ2v) is 2.10. The van der Waals surface area contributed by atoms with Crippen LogP contribution in [0.4, 0.5) is 0 Å². The van der Waals surface area contributed by atoms with Crippen molar-refractivity contribution in [2.24, 2.45) is 0 Å². The monoisotopic (exact) mass is 154 g/mol. The summed E-state index contributed by atoms with van der Waals surface area (Å²) in [6.45, 7) is 12.0. The fourth-order valence-electron chi connectivity index (χ4n) is 0.946. The highest BCUT2D eigenvalue weighted by Gasteiger charge is 2.05. The van der Waals surface area contributed by atoms with Crippen molar-refractivity contribution in [1.82, 2.24) is 0 Å². The van der Waals surface area contributed by atoms with Gasteiger partial charge in [0.25, 0.3) is 0 Å². The Morgan fingerprint density at radius 3 is 1.36 bits per heavy atom. The first-order chi connectivity index (χ1) is 5.39. The van der Waals surface area contributed by atoms with E-state index < -0.39 is 0 Å². The molecule has 0 amide bonds. The second-order valence-electron chi connectivity index (χ2n) is 2.10. The zero-order chi connectivity index (χ0) is 9.11. The van der Waals surface area contributed by atoms with Gasteiger partial charge >= 0.3 is 0 Å². The number of carbonyl (C=O) groups excluding carboxylic acids is 1. The molecular weight excluding hydrogens is 136 g/mol. The van der Waals surface area contributed by atoms with Crippen LogP contribution in [0, 0.1) is 0 Å². The molecule has 0 radical (unpaired) electrons. The van der Waals surface area contributed by atoms with Crippen LogP contribution in [0.3, 0.4) is 0 Å². The molecule has 1 aliphatic rings. The molecule has 1 aliphatic carbocycles. The number of ketones is 1. The van der Waals surface area contributed by atoms with Gasteiger partial charge in [-0.25, -0.2) is 0 Å². The maximum Gasteiger partial charge on any atom is 0.132 e. The molecule has 64 valence electrons. The number of carbonyl (C=O) groups is 1. The van der Waals surface area contributed by atoms with E-state index in [0.717, 1.165) is 25.7 Å². The van der Waals surface area contributed by atoms with Crippen molar-refractivity contribution >= 4 is 5.78 Å². The van der Waals surface area contributed by atoms with Gasteiger partial charge in [0.1, 0.15) is 5.78 Å². The molecule has 1 saturated carbocycles. The lowest BCUT2D eigenvalue weighted by Gasteiger charge is -2.05. The zero-order valence-corrected chi connectivity index (χ0v) is 7.27. The van der Waals surface area contributed by atoms with Crippen molar-refractivity contribution in [3.05, 3.63) is 26.3 Å². The van der Waals surface area contributed by atoms with Crippen LogP contribution in [0.1, 0.15) is 32.1 Å². The lowest BCUT2D eigenvalue weighted by atomic mass is 10.00. The molecule has 0 unspecified atom stereocenters. The summed E-state index contributed by atoms with van der Waals surface area (Å²) < 4.78 is 0. The standard InChI is InChI=1S/C6H10O.2C2H4/c7-6-4-2-1-3-5-6;2*1-2/h1-5H2;2*1-2H2. The summed E-state index contributed by atoms with van der Waals surface area (Å²) in [6.07, 6.45) is 5.24. The minimum atomic E-state index is 0.464. The molecule has 0 aromatic rings. The van der Waals surface area contributed by atoms with E-state index in [4.69, 9.17) is 0 Å². The van der Waals surface area contributed by atoms with Crippen LogP contribution >= 0.6 is 0 Å². The minimum Gasteiger partial charge on any atom is -0.300 e. The van der Waals surface area contributed by atoms with Crippen LogP contribution in [0.15, 0.2) is 26.3 Å². The smallest absolute Gasteiger partial charge is 0.132 e. The maximum atomic E-state index is 10.5. The predicted octanol–water partition coefficient (Wildman–Crippen LogP) is 3.12. The molecule has 1 nitrogen and oxygen atoms in total. The highest BCUT2D eigenvalue weighted by atomic mass is 16.1. The third kappa shape index (κ3) is 9.15. The van der Waals surface area contributed by atoms with Gasteiger partial charge in [-0.05, 0) is 12.8 Å². The van der Waals surface area contributed by atoms with Gasteiger partial charge in [-0.3, -0.25) is 4.79 Å². The molecule has 0 saturated heterocycles. The molecule has 0 atom stereocenters. The minimum absolute atomic E-state index is 0.464. The van der Waals surface area contributed by atoms with Gasteiger partial charge in [0.2, 0.25) is 0 Å². The summed E-state index contributed by atoms with van der Waals surface area (Å²) in [5.74, 6) is 0.464. The molecule has 0 N–H and O–H groups in total. The summed E-state index contributed by atoms with van der Waals surface area (Å²) in [6, 6.07) is 0. The van der Waals surface area contributed by atoms with E-state index in [0.29, 0.717) is 5.78 Å². The van der Waals surface area contributed by atoms with Crippen LogP contribution in [0.2, 0.25) is 0 Å². The van der Waals surface area contributed by atoms with Crippen molar-refractivity contribution in [3.63, 3.8) is 0 Å². The average Bonchev–Trinajstić information content (AvgIpc) is 2.13. The summed E-state index contributed by atoms with van der Waals surface area (Å²) in [4.78, 5) is 10.5. The summed E-state index contributed by atoms with van der Waals surface area (Å²) in [5, 5.41) is 0. The van der Waals surface area contributed by atoms with E-state index in [2.05, 4.69) is 26.3 Å². The van der Waals surface area contributed by atoms with Gasteiger partial charge in [0.15, 0.2) is 0 Å². The third-order valence-electron chi connectivity index (χ3n) is 1.41. The lowest BCUT2D eigenvalue weighted by molar-refractivity contribution is -0.120. The molecule has 0 heterocycles. The largest absolute Gasteiger partial charge is 0.300 e. The van der Waals surface area contributed by atoms with Crippen molar-refractivity contribution in [2.75, 3.05) is 0 Å². The Morgan fingerprint density at radius 1 is 0.818 bits per heavy atom. The van der Waals surface area contributed by atoms with Gasteiger partial charge in [-0.15, -0.1) is 26.3 Å². The van der Waals surface area contributed by atoms with Crippen molar-refractivity contribution in [2.45, 2.75) is 32.1 Å². The maximum absolute atomic E-state index is 10.5. The number of hydrogen-bond donors (Lipinski definition) is 0. The molecule has 11 heavy (non-hydrogen) atoms. The Bertz CT molecular complexity index is 87.0. The quantitative estimate of drug-likeness (QED) is 0.490. The average molecular weight is 154 g/mol.